The highest BCUT2D eigenvalue weighted by atomic mass is 79.9. The highest BCUT2D eigenvalue weighted by Crippen LogP contribution is 2.30. The van der Waals surface area contributed by atoms with Crippen LogP contribution in [0.4, 0.5) is 0 Å². The van der Waals surface area contributed by atoms with Gasteiger partial charge in [0.15, 0.2) is 0 Å². The van der Waals surface area contributed by atoms with Crippen molar-refractivity contribution in [2.45, 2.75) is 25.0 Å². The fourth-order valence-electron chi connectivity index (χ4n) is 1.81. The molecule has 0 saturated heterocycles. The number of hydrogen-bond donors (Lipinski definition) is 1. The van der Waals surface area contributed by atoms with E-state index in [2.05, 4.69) is 27.4 Å². The molecule has 1 aliphatic rings. The minimum absolute atomic E-state index is 0.0671. The topological polar surface area (TPSA) is 35.2 Å². The number of ether oxygens (including phenoxy) is 1. The zero-order chi connectivity index (χ0) is 12.5. The van der Waals surface area contributed by atoms with Crippen LogP contribution < -0.4 is 10.5 Å². The van der Waals surface area contributed by atoms with E-state index in [0.717, 1.165) is 20.7 Å². The van der Waals surface area contributed by atoms with Gasteiger partial charge in [0, 0.05) is 0 Å². The summed E-state index contributed by atoms with van der Waals surface area (Å²) in [4.78, 5) is 0. The molecule has 2 nitrogen and oxygen atoms in total. The van der Waals surface area contributed by atoms with Gasteiger partial charge >= 0.3 is 0 Å². The van der Waals surface area contributed by atoms with E-state index in [1.54, 1.807) is 11.3 Å². The molecule has 1 heterocycles. The Morgan fingerprint density at radius 2 is 1.94 bits per heavy atom. The highest BCUT2D eigenvalue weighted by Gasteiger charge is 2.23. The average Bonchev–Trinajstić information content (AvgIpc) is 3.09. The number of hydrogen-bond acceptors (Lipinski definition) is 3. The summed E-state index contributed by atoms with van der Waals surface area (Å²) in [5.41, 5.74) is 8.49. The van der Waals surface area contributed by atoms with E-state index in [-0.39, 0.29) is 6.04 Å². The molecular weight excluding hydrogens is 310 g/mol. The highest BCUT2D eigenvalue weighted by molar-refractivity contribution is 9.11. The Morgan fingerprint density at radius 3 is 2.50 bits per heavy atom. The third-order valence-electron chi connectivity index (χ3n) is 3.01. The summed E-state index contributed by atoms with van der Waals surface area (Å²) < 4.78 is 6.84. The fraction of sp³-hybridized carbons (Fsp3) is 0.286. The van der Waals surface area contributed by atoms with Gasteiger partial charge in [0.05, 0.1) is 15.9 Å². The second-order valence-corrected chi connectivity index (χ2v) is 6.84. The maximum atomic E-state index is 6.24. The van der Waals surface area contributed by atoms with Crippen molar-refractivity contribution in [1.29, 1.82) is 0 Å². The summed E-state index contributed by atoms with van der Waals surface area (Å²) >= 11 is 5.12. The Balaban J connectivity index is 1.74. The number of benzene rings is 1. The van der Waals surface area contributed by atoms with Crippen LogP contribution in [0.2, 0.25) is 0 Å². The second-order valence-electron chi connectivity index (χ2n) is 4.55. The lowest BCUT2D eigenvalue weighted by Crippen LogP contribution is -2.10. The Kier molecular flexibility index (Phi) is 3.41. The van der Waals surface area contributed by atoms with Gasteiger partial charge in [-0.2, -0.15) is 0 Å². The molecular formula is C14H14BrNOS. The SMILES string of the molecule is NC(c1ccc(OC2CC2)cc1)c1csc(Br)c1. The van der Waals surface area contributed by atoms with Crippen LogP contribution in [0.3, 0.4) is 0 Å². The minimum atomic E-state index is -0.0671. The van der Waals surface area contributed by atoms with E-state index < -0.39 is 0 Å². The quantitative estimate of drug-likeness (QED) is 0.919. The van der Waals surface area contributed by atoms with Crippen LogP contribution in [0.5, 0.6) is 5.75 Å². The van der Waals surface area contributed by atoms with Gasteiger partial charge in [-0.05, 0) is 63.5 Å². The summed E-state index contributed by atoms with van der Waals surface area (Å²) in [5.74, 6) is 0.944. The average molecular weight is 324 g/mol. The first-order valence-corrected chi connectivity index (χ1v) is 7.66. The van der Waals surface area contributed by atoms with E-state index in [9.17, 15) is 0 Å². The Hall–Kier alpha value is -0.840. The summed E-state index contributed by atoms with van der Waals surface area (Å²) in [6.07, 6.45) is 2.81. The van der Waals surface area contributed by atoms with Crippen molar-refractivity contribution in [3.63, 3.8) is 0 Å². The predicted molar refractivity (Wildman–Crippen MR) is 78.1 cm³/mol. The molecule has 94 valence electrons. The monoisotopic (exact) mass is 323 g/mol. The largest absolute Gasteiger partial charge is 0.490 e. The zero-order valence-electron chi connectivity index (χ0n) is 9.80. The number of halogens is 1. The van der Waals surface area contributed by atoms with Crippen molar-refractivity contribution in [2.24, 2.45) is 5.73 Å². The molecule has 1 aromatic heterocycles. The lowest BCUT2D eigenvalue weighted by atomic mass is 10.0. The van der Waals surface area contributed by atoms with E-state index in [4.69, 9.17) is 10.5 Å². The van der Waals surface area contributed by atoms with Crippen LogP contribution in [0.1, 0.15) is 30.0 Å². The van der Waals surface area contributed by atoms with Crippen molar-refractivity contribution < 1.29 is 4.74 Å². The van der Waals surface area contributed by atoms with Crippen molar-refractivity contribution >= 4 is 27.3 Å². The van der Waals surface area contributed by atoms with Crippen LogP contribution >= 0.6 is 27.3 Å². The van der Waals surface area contributed by atoms with Crippen LogP contribution in [-0.2, 0) is 0 Å². The standard InChI is InChI=1S/C14H14BrNOS/c15-13-7-10(8-18-13)14(16)9-1-3-11(4-2-9)17-12-5-6-12/h1-4,7-8,12,14H,5-6,16H2. The number of rotatable bonds is 4. The second kappa shape index (κ2) is 5.03. The molecule has 1 saturated carbocycles. The van der Waals surface area contributed by atoms with Crippen LogP contribution in [0, 0.1) is 0 Å². The van der Waals surface area contributed by atoms with Crippen molar-refractivity contribution in [3.8, 4) is 5.75 Å². The summed E-state index contributed by atoms with van der Waals surface area (Å²) in [6, 6.07) is 10.1. The summed E-state index contributed by atoms with van der Waals surface area (Å²) in [5, 5.41) is 2.09. The van der Waals surface area contributed by atoms with Gasteiger partial charge in [-0.15, -0.1) is 11.3 Å². The molecule has 0 bridgehead atoms. The Bertz CT molecular complexity index is 533. The zero-order valence-corrected chi connectivity index (χ0v) is 12.2. The normalized spacial score (nSPS) is 16.6. The van der Waals surface area contributed by atoms with E-state index in [1.807, 2.05) is 24.3 Å². The van der Waals surface area contributed by atoms with Crippen LogP contribution in [0.15, 0.2) is 39.5 Å². The molecule has 2 aromatic rings. The number of nitrogens with two attached hydrogens (primary N) is 1. The van der Waals surface area contributed by atoms with Crippen molar-refractivity contribution in [3.05, 3.63) is 50.6 Å². The van der Waals surface area contributed by atoms with Gasteiger partial charge in [0.25, 0.3) is 0 Å². The Morgan fingerprint density at radius 1 is 1.22 bits per heavy atom. The molecule has 0 spiro atoms. The maximum Gasteiger partial charge on any atom is 0.119 e. The lowest BCUT2D eigenvalue weighted by Gasteiger charge is -2.11. The molecule has 1 aromatic carbocycles. The molecule has 18 heavy (non-hydrogen) atoms. The summed E-state index contributed by atoms with van der Waals surface area (Å²) in [7, 11) is 0. The summed E-state index contributed by atoms with van der Waals surface area (Å²) in [6.45, 7) is 0. The van der Waals surface area contributed by atoms with Gasteiger partial charge < -0.3 is 10.5 Å². The smallest absolute Gasteiger partial charge is 0.119 e. The first kappa shape index (κ1) is 12.2. The predicted octanol–water partition coefficient (Wildman–Crippen LogP) is 4.10. The minimum Gasteiger partial charge on any atom is -0.490 e. The van der Waals surface area contributed by atoms with E-state index in [0.29, 0.717) is 6.10 Å². The van der Waals surface area contributed by atoms with Crippen molar-refractivity contribution in [2.75, 3.05) is 0 Å². The van der Waals surface area contributed by atoms with E-state index >= 15 is 0 Å². The van der Waals surface area contributed by atoms with Gasteiger partial charge in [0.1, 0.15) is 5.75 Å². The van der Waals surface area contributed by atoms with Crippen molar-refractivity contribution in [1.82, 2.24) is 0 Å². The van der Waals surface area contributed by atoms with Gasteiger partial charge in [-0.3, -0.25) is 0 Å². The van der Waals surface area contributed by atoms with Gasteiger partial charge in [-0.1, -0.05) is 12.1 Å². The third kappa shape index (κ3) is 2.76. The van der Waals surface area contributed by atoms with Crippen LogP contribution in [-0.4, -0.2) is 6.10 Å². The molecule has 1 atom stereocenters. The molecule has 1 unspecified atom stereocenters. The van der Waals surface area contributed by atoms with Gasteiger partial charge in [0.2, 0.25) is 0 Å². The molecule has 1 fully saturated rings. The molecule has 0 aliphatic heterocycles. The van der Waals surface area contributed by atoms with Crippen LogP contribution in [0.25, 0.3) is 0 Å². The first-order valence-electron chi connectivity index (χ1n) is 5.98. The Labute approximate surface area is 119 Å². The molecule has 0 radical (unpaired) electrons. The van der Waals surface area contributed by atoms with E-state index in [1.165, 1.54) is 12.8 Å². The molecule has 4 heteroatoms. The first-order chi connectivity index (χ1) is 8.72. The maximum absolute atomic E-state index is 6.24. The van der Waals surface area contributed by atoms with Gasteiger partial charge in [-0.25, -0.2) is 0 Å². The molecule has 3 rings (SSSR count). The third-order valence-corrected chi connectivity index (χ3v) is 4.54. The molecule has 1 aliphatic carbocycles. The fourth-order valence-corrected chi connectivity index (χ4v) is 3.02. The lowest BCUT2D eigenvalue weighted by molar-refractivity contribution is 0.303. The molecule has 2 N–H and O–H groups in total. The molecule has 0 amide bonds. The number of thiophene rings is 1.